The predicted octanol–water partition coefficient (Wildman–Crippen LogP) is 1.44. The summed E-state index contributed by atoms with van der Waals surface area (Å²) in [6, 6.07) is 4.91. The summed E-state index contributed by atoms with van der Waals surface area (Å²) in [5, 5.41) is 9.21. The molecule has 2 unspecified atom stereocenters. The Morgan fingerprint density at radius 2 is 2.24 bits per heavy atom. The molecule has 2 rings (SSSR count). The molecule has 118 valence electrons. The highest BCUT2D eigenvalue weighted by atomic mass is 32.2. The molecule has 5 nitrogen and oxygen atoms in total. The minimum absolute atomic E-state index is 0.167. The van der Waals surface area contributed by atoms with Gasteiger partial charge in [0.15, 0.2) is 0 Å². The van der Waals surface area contributed by atoms with Crippen molar-refractivity contribution in [2.75, 3.05) is 13.2 Å². The summed E-state index contributed by atoms with van der Waals surface area (Å²) in [6.45, 7) is 4.91. The van der Waals surface area contributed by atoms with Crippen LogP contribution in [0.5, 0.6) is 0 Å². The van der Waals surface area contributed by atoms with Crippen molar-refractivity contribution in [1.82, 2.24) is 4.72 Å². The predicted molar refractivity (Wildman–Crippen MR) is 80.5 cm³/mol. The lowest BCUT2D eigenvalue weighted by Crippen LogP contribution is -2.38. The SMILES string of the molecule is CCc1ccc(CO)cc1S(=O)(=O)NC(C)C1CCOC1. The first-order valence-corrected chi connectivity index (χ1v) is 8.79. The molecule has 0 saturated carbocycles. The zero-order valence-electron chi connectivity index (χ0n) is 12.5. The van der Waals surface area contributed by atoms with E-state index in [9.17, 15) is 13.5 Å². The van der Waals surface area contributed by atoms with Crippen molar-refractivity contribution >= 4 is 10.0 Å². The lowest BCUT2D eigenvalue weighted by molar-refractivity contribution is 0.180. The van der Waals surface area contributed by atoms with Gasteiger partial charge in [0.05, 0.1) is 18.1 Å². The molecule has 1 aliphatic heterocycles. The lowest BCUT2D eigenvalue weighted by Gasteiger charge is -2.20. The fourth-order valence-corrected chi connectivity index (χ4v) is 4.26. The van der Waals surface area contributed by atoms with Crippen LogP contribution >= 0.6 is 0 Å². The van der Waals surface area contributed by atoms with E-state index in [1.807, 2.05) is 13.8 Å². The molecule has 2 N–H and O–H groups in total. The smallest absolute Gasteiger partial charge is 0.241 e. The van der Waals surface area contributed by atoms with Crippen LogP contribution in [0.25, 0.3) is 0 Å². The van der Waals surface area contributed by atoms with Crippen molar-refractivity contribution in [3.05, 3.63) is 29.3 Å². The van der Waals surface area contributed by atoms with E-state index in [2.05, 4.69) is 4.72 Å². The molecular formula is C15H23NO4S. The van der Waals surface area contributed by atoms with Gasteiger partial charge in [-0.05, 0) is 37.0 Å². The molecule has 0 bridgehead atoms. The van der Waals surface area contributed by atoms with Crippen LogP contribution in [0.4, 0.5) is 0 Å². The van der Waals surface area contributed by atoms with E-state index in [0.29, 0.717) is 25.2 Å². The molecule has 1 saturated heterocycles. The topological polar surface area (TPSA) is 75.6 Å². The average Bonchev–Trinajstić information content (AvgIpc) is 3.00. The largest absolute Gasteiger partial charge is 0.392 e. The van der Waals surface area contributed by atoms with E-state index >= 15 is 0 Å². The van der Waals surface area contributed by atoms with Crippen LogP contribution in [0.15, 0.2) is 23.1 Å². The van der Waals surface area contributed by atoms with E-state index < -0.39 is 10.0 Å². The van der Waals surface area contributed by atoms with Gasteiger partial charge in [0.2, 0.25) is 10.0 Å². The highest BCUT2D eigenvalue weighted by molar-refractivity contribution is 7.89. The van der Waals surface area contributed by atoms with Crippen molar-refractivity contribution in [2.24, 2.45) is 5.92 Å². The second kappa shape index (κ2) is 6.87. The van der Waals surface area contributed by atoms with E-state index in [1.54, 1.807) is 18.2 Å². The summed E-state index contributed by atoms with van der Waals surface area (Å²) in [4.78, 5) is 0.266. The van der Waals surface area contributed by atoms with Crippen LogP contribution in [0, 0.1) is 5.92 Å². The molecule has 1 fully saturated rings. The zero-order chi connectivity index (χ0) is 15.5. The minimum atomic E-state index is -3.59. The van der Waals surface area contributed by atoms with Gasteiger partial charge in [-0.3, -0.25) is 0 Å². The maximum Gasteiger partial charge on any atom is 0.241 e. The van der Waals surface area contributed by atoms with Gasteiger partial charge < -0.3 is 9.84 Å². The number of sulfonamides is 1. The van der Waals surface area contributed by atoms with Gasteiger partial charge >= 0.3 is 0 Å². The Labute approximate surface area is 126 Å². The third-order valence-corrected chi connectivity index (χ3v) is 5.64. The first kappa shape index (κ1) is 16.4. The fourth-order valence-electron chi connectivity index (χ4n) is 2.59. The van der Waals surface area contributed by atoms with Gasteiger partial charge in [0.25, 0.3) is 0 Å². The highest BCUT2D eigenvalue weighted by Gasteiger charge is 2.27. The third kappa shape index (κ3) is 3.83. The number of nitrogens with one attached hydrogen (secondary N) is 1. The summed E-state index contributed by atoms with van der Waals surface area (Å²) >= 11 is 0. The van der Waals surface area contributed by atoms with Crippen LogP contribution in [0.3, 0.4) is 0 Å². The Morgan fingerprint density at radius 1 is 1.48 bits per heavy atom. The quantitative estimate of drug-likeness (QED) is 0.833. The number of benzene rings is 1. The number of aryl methyl sites for hydroxylation is 1. The van der Waals surface area contributed by atoms with Crippen molar-refractivity contribution in [3.63, 3.8) is 0 Å². The summed E-state index contributed by atoms with van der Waals surface area (Å²) in [5.74, 6) is 0.214. The summed E-state index contributed by atoms with van der Waals surface area (Å²) in [6.07, 6.45) is 1.50. The number of hydrogen-bond acceptors (Lipinski definition) is 4. The van der Waals surface area contributed by atoms with Crippen molar-refractivity contribution in [1.29, 1.82) is 0 Å². The molecule has 6 heteroatoms. The van der Waals surface area contributed by atoms with Crippen LogP contribution in [0.2, 0.25) is 0 Å². The van der Waals surface area contributed by atoms with Gasteiger partial charge in [0, 0.05) is 18.6 Å². The number of hydrogen-bond donors (Lipinski definition) is 2. The molecule has 2 atom stereocenters. The molecule has 0 aliphatic carbocycles. The number of ether oxygens (including phenoxy) is 1. The van der Waals surface area contributed by atoms with Gasteiger partial charge in [0.1, 0.15) is 0 Å². The number of aliphatic hydroxyl groups is 1. The molecule has 1 aromatic rings. The number of aliphatic hydroxyl groups excluding tert-OH is 1. The first-order valence-electron chi connectivity index (χ1n) is 7.30. The maximum atomic E-state index is 12.6. The van der Waals surface area contributed by atoms with E-state index in [-0.39, 0.29) is 23.5 Å². The normalized spacial score (nSPS) is 20.6. The molecule has 0 aromatic heterocycles. The molecular weight excluding hydrogens is 290 g/mol. The third-order valence-electron chi connectivity index (χ3n) is 4.00. The lowest BCUT2D eigenvalue weighted by atomic mass is 10.0. The Kier molecular flexibility index (Phi) is 5.37. The van der Waals surface area contributed by atoms with E-state index in [0.717, 1.165) is 12.0 Å². The van der Waals surface area contributed by atoms with Crippen molar-refractivity contribution in [2.45, 2.75) is 44.2 Å². The van der Waals surface area contributed by atoms with Gasteiger partial charge in [-0.2, -0.15) is 0 Å². The molecule has 21 heavy (non-hydrogen) atoms. The van der Waals surface area contributed by atoms with Crippen LogP contribution < -0.4 is 4.72 Å². The molecule has 0 spiro atoms. The molecule has 1 aromatic carbocycles. The van der Waals surface area contributed by atoms with E-state index in [4.69, 9.17) is 4.74 Å². The Bertz CT molecular complexity index is 579. The summed E-state index contributed by atoms with van der Waals surface area (Å²) in [7, 11) is -3.59. The highest BCUT2D eigenvalue weighted by Crippen LogP contribution is 2.22. The standard InChI is InChI=1S/C15H23NO4S/c1-3-13-5-4-12(9-17)8-15(13)21(18,19)16-11(2)14-6-7-20-10-14/h4-5,8,11,14,16-17H,3,6-7,9-10H2,1-2H3. The minimum Gasteiger partial charge on any atom is -0.392 e. The van der Waals surface area contributed by atoms with Crippen LogP contribution in [-0.4, -0.2) is 32.8 Å². The second-order valence-electron chi connectivity index (χ2n) is 5.49. The Balaban J connectivity index is 2.25. The maximum absolute atomic E-state index is 12.6. The Morgan fingerprint density at radius 3 is 2.81 bits per heavy atom. The number of rotatable bonds is 6. The van der Waals surface area contributed by atoms with Gasteiger partial charge in [-0.25, -0.2) is 13.1 Å². The molecule has 1 aliphatic rings. The Hall–Kier alpha value is -0.950. The molecule has 1 heterocycles. The van der Waals surface area contributed by atoms with Crippen molar-refractivity contribution in [3.8, 4) is 0 Å². The summed E-state index contributed by atoms with van der Waals surface area (Å²) in [5.41, 5.74) is 1.36. The first-order chi connectivity index (χ1) is 9.97. The van der Waals surface area contributed by atoms with Crippen LogP contribution in [0.1, 0.15) is 31.4 Å². The summed E-state index contributed by atoms with van der Waals surface area (Å²) < 4.78 is 33.3. The van der Waals surface area contributed by atoms with Crippen molar-refractivity contribution < 1.29 is 18.3 Å². The molecule has 0 radical (unpaired) electrons. The van der Waals surface area contributed by atoms with Gasteiger partial charge in [-0.1, -0.05) is 19.1 Å². The van der Waals surface area contributed by atoms with Gasteiger partial charge in [-0.15, -0.1) is 0 Å². The second-order valence-corrected chi connectivity index (χ2v) is 7.17. The molecule has 0 amide bonds. The zero-order valence-corrected chi connectivity index (χ0v) is 13.3. The van der Waals surface area contributed by atoms with E-state index in [1.165, 1.54) is 0 Å². The monoisotopic (exact) mass is 313 g/mol. The fraction of sp³-hybridized carbons (Fsp3) is 0.600. The van der Waals surface area contributed by atoms with Crippen LogP contribution in [-0.2, 0) is 27.8 Å². The average molecular weight is 313 g/mol.